The highest BCUT2D eigenvalue weighted by atomic mass is 32.2. The van der Waals surface area contributed by atoms with E-state index in [1.807, 2.05) is 6.92 Å². The summed E-state index contributed by atoms with van der Waals surface area (Å²) in [6.45, 7) is 3.38. The van der Waals surface area contributed by atoms with Gasteiger partial charge in [-0.1, -0.05) is 17.7 Å². The van der Waals surface area contributed by atoms with Crippen molar-refractivity contribution in [2.45, 2.75) is 62.2 Å². The van der Waals surface area contributed by atoms with Gasteiger partial charge in [0.15, 0.2) is 0 Å². The second-order valence-corrected chi connectivity index (χ2v) is 9.78. The maximum atomic E-state index is 12.6. The molecule has 30 heavy (non-hydrogen) atoms. The van der Waals surface area contributed by atoms with E-state index in [9.17, 15) is 18.3 Å². The van der Waals surface area contributed by atoms with Crippen LogP contribution < -0.4 is 10.0 Å². The maximum Gasteiger partial charge on any atom is 0.240 e. The number of rotatable bonds is 8. The molecular formula is C21H32N2O6S. The summed E-state index contributed by atoms with van der Waals surface area (Å²) in [5, 5.41) is 12.7. The number of carbonyl (C=O) groups is 1. The molecule has 1 aromatic carbocycles. The Hall–Kier alpha value is -1.52. The molecule has 9 heteroatoms. The van der Waals surface area contributed by atoms with Crippen LogP contribution in [0.4, 0.5) is 0 Å². The van der Waals surface area contributed by atoms with Crippen LogP contribution >= 0.6 is 0 Å². The molecule has 3 N–H and O–H groups in total. The lowest BCUT2D eigenvalue weighted by Gasteiger charge is -2.36. The van der Waals surface area contributed by atoms with Crippen molar-refractivity contribution in [3.63, 3.8) is 0 Å². The number of hydrogen-bond acceptors (Lipinski definition) is 6. The van der Waals surface area contributed by atoms with Gasteiger partial charge < -0.3 is 19.9 Å². The van der Waals surface area contributed by atoms with E-state index in [1.54, 1.807) is 24.3 Å². The first kappa shape index (κ1) is 23.1. The number of ether oxygens (including phenoxy) is 2. The number of hydrogen-bond donors (Lipinski definition) is 3. The molecule has 1 amide bonds. The van der Waals surface area contributed by atoms with Crippen molar-refractivity contribution in [1.29, 1.82) is 0 Å². The molecule has 0 bridgehead atoms. The largest absolute Gasteiger partial charge is 0.394 e. The molecule has 0 saturated carbocycles. The van der Waals surface area contributed by atoms with Crippen LogP contribution in [0, 0.1) is 12.8 Å². The summed E-state index contributed by atoms with van der Waals surface area (Å²) in [5.74, 6) is 0.0633. The minimum atomic E-state index is -3.69. The first-order valence-corrected chi connectivity index (χ1v) is 12.1. The quantitative estimate of drug-likeness (QED) is 0.558. The van der Waals surface area contributed by atoms with Crippen LogP contribution in [-0.2, 0) is 24.3 Å². The van der Waals surface area contributed by atoms with Gasteiger partial charge in [0.1, 0.15) is 0 Å². The molecule has 2 aliphatic rings. The van der Waals surface area contributed by atoms with Gasteiger partial charge in [-0.2, -0.15) is 0 Å². The Morgan fingerprint density at radius 1 is 1.13 bits per heavy atom. The molecular weight excluding hydrogens is 408 g/mol. The summed E-state index contributed by atoms with van der Waals surface area (Å²) in [6, 6.07) is 6.15. The standard InChI is InChI=1S/C21H32N2O6S/c1-15-2-5-18(6-3-15)30(26,27)23-19-7-4-17(29-20(19)14-24)8-11-22-21(25)16-9-12-28-13-10-16/h2-3,5-6,16-17,19-20,23-24H,4,7-14H2,1H3,(H,22,25)/t17-,19+,20+/m0/s1. The third-order valence-electron chi connectivity index (χ3n) is 5.79. The average molecular weight is 441 g/mol. The summed E-state index contributed by atoms with van der Waals surface area (Å²) in [7, 11) is -3.69. The molecule has 2 saturated heterocycles. The molecule has 2 heterocycles. The van der Waals surface area contributed by atoms with Crippen LogP contribution in [0.15, 0.2) is 29.2 Å². The van der Waals surface area contributed by atoms with Gasteiger partial charge in [0, 0.05) is 25.7 Å². The van der Waals surface area contributed by atoms with Crippen molar-refractivity contribution in [3.05, 3.63) is 29.8 Å². The number of nitrogens with one attached hydrogen (secondary N) is 2. The topological polar surface area (TPSA) is 114 Å². The molecule has 2 aliphatic heterocycles. The van der Waals surface area contributed by atoms with Crippen molar-refractivity contribution < 1.29 is 27.8 Å². The van der Waals surface area contributed by atoms with Crippen LogP contribution in [-0.4, -0.2) is 64.0 Å². The number of aliphatic hydroxyl groups excluding tert-OH is 1. The third-order valence-corrected chi connectivity index (χ3v) is 7.30. The van der Waals surface area contributed by atoms with Gasteiger partial charge >= 0.3 is 0 Å². The van der Waals surface area contributed by atoms with Crippen molar-refractivity contribution in [2.75, 3.05) is 26.4 Å². The van der Waals surface area contributed by atoms with Gasteiger partial charge in [0.25, 0.3) is 0 Å². The zero-order chi connectivity index (χ0) is 21.6. The van der Waals surface area contributed by atoms with E-state index in [1.165, 1.54) is 0 Å². The van der Waals surface area contributed by atoms with E-state index in [2.05, 4.69) is 10.0 Å². The Bertz CT molecular complexity index is 792. The molecule has 0 radical (unpaired) electrons. The first-order chi connectivity index (χ1) is 14.4. The summed E-state index contributed by atoms with van der Waals surface area (Å²) in [4.78, 5) is 12.4. The monoisotopic (exact) mass is 440 g/mol. The van der Waals surface area contributed by atoms with E-state index in [4.69, 9.17) is 9.47 Å². The fourth-order valence-corrected chi connectivity index (χ4v) is 5.22. The van der Waals surface area contributed by atoms with Crippen LogP contribution in [0.2, 0.25) is 0 Å². The Morgan fingerprint density at radius 3 is 2.50 bits per heavy atom. The van der Waals surface area contributed by atoms with Crippen molar-refractivity contribution in [3.8, 4) is 0 Å². The number of carbonyl (C=O) groups excluding carboxylic acids is 1. The zero-order valence-electron chi connectivity index (χ0n) is 17.4. The second kappa shape index (κ2) is 10.7. The fraction of sp³-hybridized carbons (Fsp3) is 0.667. The highest BCUT2D eigenvalue weighted by molar-refractivity contribution is 7.89. The molecule has 0 unspecified atom stereocenters. The summed E-state index contributed by atoms with van der Waals surface area (Å²) in [5.41, 5.74) is 0.981. The van der Waals surface area contributed by atoms with E-state index in [0.717, 1.165) is 18.4 Å². The summed E-state index contributed by atoms with van der Waals surface area (Å²) >= 11 is 0. The molecule has 1 aromatic rings. The average Bonchev–Trinajstić information content (AvgIpc) is 2.75. The lowest BCUT2D eigenvalue weighted by atomic mass is 9.97. The van der Waals surface area contributed by atoms with Gasteiger partial charge in [-0.15, -0.1) is 0 Å². The van der Waals surface area contributed by atoms with Gasteiger partial charge in [-0.05, 0) is 51.2 Å². The molecule has 3 rings (SSSR count). The third kappa shape index (κ3) is 6.24. The van der Waals surface area contributed by atoms with Crippen molar-refractivity contribution in [1.82, 2.24) is 10.0 Å². The number of benzene rings is 1. The van der Waals surface area contributed by atoms with E-state index < -0.39 is 22.2 Å². The smallest absolute Gasteiger partial charge is 0.240 e. The lowest BCUT2D eigenvalue weighted by Crippen LogP contribution is -2.51. The Labute approximate surface area is 178 Å². The molecule has 8 nitrogen and oxygen atoms in total. The van der Waals surface area contributed by atoms with E-state index >= 15 is 0 Å². The summed E-state index contributed by atoms with van der Waals surface area (Å²) < 4.78 is 39.2. The Balaban J connectivity index is 1.47. The van der Waals surface area contributed by atoms with E-state index in [0.29, 0.717) is 39.0 Å². The molecule has 3 atom stereocenters. The molecule has 0 aromatic heterocycles. The number of amides is 1. The first-order valence-electron chi connectivity index (χ1n) is 10.6. The van der Waals surface area contributed by atoms with Gasteiger partial charge in [0.2, 0.25) is 15.9 Å². The Kier molecular flexibility index (Phi) is 8.24. The van der Waals surface area contributed by atoms with Gasteiger partial charge in [-0.25, -0.2) is 13.1 Å². The second-order valence-electron chi connectivity index (χ2n) is 8.06. The van der Waals surface area contributed by atoms with Gasteiger partial charge in [-0.3, -0.25) is 4.79 Å². The minimum absolute atomic E-state index is 0.0109. The zero-order valence-corrected chi connectivity index (χ0v) is 18.2. The van der Waals surface area contributed by atoms with E-state index in [-0.39, 0.29) is 29.4 Å². The van der Waals surface area contributed by atoms with Crippen LogP contribution in [0.25, 0.3) is 0 Å². The van der Waals surface area contributed by atoms with Gasteiger partial charge in [0.05, 0.1) is 29.8 Å². The highest BCUT2D eigenvalue weighted by Gasteiger charge is 2.34. The molecule has 0 aliphatic carbocycles. The molecule has 2 fully saturated rings. The van der Waals surface area contributed by atoms with Crippen molar-refractivity contribution in [2.24, 2.45) is 5.92 Å². The normalized spacial score (nSPS) is 25.7. The number of aryl methyl sites for hydroxylation is 1. The van der Waals surface area contributed by atoms with Crippen molar-refractivity contribution >= 4 is 15.9 Å². The number of sulfonamides is 1. The Morgan fingerprint density at radius 2 is 1.83 bits per heavy atom. The number of aliphatic hydroxyl groups is 1. The molecule has 168 valence electrons. The SMILES string of the molecule is Cc1ccc(S(=O)(=O)N[C@@H]2CC[C@@H](CCNC(=O)C3CCOCC3)O[C@@H]2CO)cc1. The van der Waals surface area contributed by atoms with Crippen LogP contribution in [0.5, 0.6) is 0 Å². The predicted octanol–water partition coefficient (Wildman–Crippen LogP) is 1.11. The predicted molar refractivity (Wildman–Crippen MR) is 111 cm³/mol. The summed E-state index contributed by atoms with van der Waals surface area (Å²) in [6.07, 6.45) is 2.61. The minimum Gasteiger partial charge on any atom is -0.394 e. The molecule has 0 spiro atoms. The maximum absolute atomic E-state index is 12.6. The van der Waals surface area contributed by atoms with Crippen LogP contribution in [0.1, 0.15) is 37.7 Å². The van der Waals surface area contributed by atoms with Crippen LogP contribution in [0.3, 0.4) is 0 Å². The highest BCUT2D eigenvalue weighted by Crippen LogP contribution is 2.24. The lowest BCUT2D eigenvalue weighted by molar-refractivity contribution is -0.128. The fourth-order valence-electron chi connectivity index (χ4n) is 3.92.